The molecule has 0 aliphatic carbocycles. The van der Waals surface area contributed by atoms with Gasteiger partial charge < -0.3 is 9.80 Å². The molecule has 0 atom stereocenters. The fourth-order valence-electron chi connectivity index (χ4n) is 2.06. The van der Waals surface area contributed by atoms with Crippen LogP contribution in [0.1, 0.15) is 27.2 Å². The SMILES string of the molecule is CC(C)CN(C)CCC(=O)N1CC(C)C1. The van der Waals surface area contributed by atoms with Crippen LogP contribution in [0.4, 0.5) is 0 Å². The molecule has 1 aliphatic rings. The van der Waals surface area contributed by atoms with Gasteiger partial charge in [0.1, 0.15) is 0 Å². The maximum atomic E-state index is 11.7. The first-order valence-corrected chi connectivity index (χ1v) is 5.95. The molecule has 3 heteroatoms. The molecule has 1 saturated heterocycles. The Labute approximate surface area is 93.4 Å². The molecule has 1 aliphatic heterocycles. The van der Waals surface area contributed by atoms with Gasteiger partial charge in [0.25, 0.3) is 0 Å². The van der Waals surface area contributed by atoms with E-state index in [0.717, 1.165) is 26.2 Å². The van der Waals surface area contributed by atoms with Crippen LogP contribution in [0.25, 0.3) is 0 Å². The third-order valence-corrected chi connectivity index (χ3v) is 2.80. The number of hydrogen-bond acceptors (Lipinski definition) is 2. The van der Waals surface area contributed by atoms with E-state index in [9.17, 15) is 4.79 Å². The first kappa shape index (κ1) is 12.5. The van der Waals surface area contributed by atoms with Gasteiger partial charge in [0.05, 0.1) is 0 Å². The largest absolute Gasteiger partial charge is 0.342 e. The Balaban J connectivity index is 2.11. The number of amides is 1. The molecule has 1 rings (SSSR count). The smallest absolute Gasteiger partial charge is 0.223 e. The third kappa shape index (κ3) is 4.20. The number of likely N-dealkylation sites (tertiary alicyclic amines) is 1. The third-order valence-electron chi connectivity index (χ3n) is 2.80. The minimum atomic E-state index is 0.323. The predicted molar refractivity (Wildman–Crippen MR) is 62.7 cm³/mol. The first-order chi connectivity index (χ1) is 6.99. The Bertz CT molecular complexity index is 210. The number of hydrogen-bond donors (Lipinski definition) is 0. The Morgan fingerprint density at radius 1 is 1.47 bits per heavy atom. The molecule has 0 saturated carbocycles. The molecule has 0 bridgehead atoms. The molecule has 15 heavy (non-hydrogen) atoms. The van der Waals surface area contributed by atoms with Crippen molar-refractivity contribution in [3.05, 3.63) is 0 Å². The van der Waals surface area contributed by atoms with Gasteiger partial charge in [0.15, 0.2) is 0 Å². The molecule has 1 amide bonds. The standard InChI is InChI=1S/C12H24N2O/c1-10(2)7-13(4)6-5-12(15)14-8-11(3)9-14/h10-11H,5-9H2,1-4H3. The van der Waals surface area contributed by atoms with Gasteiger partial charge in [-0.25, -0.2) is 0 Å². The van der Waals surface area contributed by atoms with E-state index in [1.165, 1.54) is 0 Å². The lowest BCUT2D eigenvalue weighted by Gasteiger charge is -2.37. The van der Waals surface area contributed by atoms with E-state index in [0.29, 0.717) is 24.2 Å². The van der Waals surface area contributed by atoms with Gasteiger partial charge >= 0.3 is 0 Å². The Morgan fingerprint density at radius 2 is 2.07 bits per heavy atom. The molecule has 0 unspecified atom stereocenters. The van der Waals surface area contributed by atoms with Crippen LogP contribution >= 0.6 is 0 Å². The van der Waals surface area contributed by atoms with Crippen LogP contribution in [0.3, 0.4) is 0 Å². The van der Waals surface area contributed by atoms with Gasteiger partial charge in [-0.15, -0.1) is 0 Å². The molecule has 88 valence electrons. The van der Waals surface area contributed by atoms with E-state index in [1.54, 1.807) is 0 Å². The molecule has 0 spiro atoms. The van der Waals surface area contributed by atoms with Crippen LogP contribution in [-0.2, 0) is 4.79 Å². The molecule has 0 aromatic heterocycles. The van der Waals surface area contributed by atoms with Crippen LogP contribution in [0.2, 0.25) is 0 Å². The zero-order valence-electron chi connectivity index (χ0n) is 10.5. The van der Waals surface area contributed by atoms with Crippen molar-refractivity contribution in [2.45, 2.75) is 27.2 Å². The summed E-state index contributed by atoms with van der Waals surface area (Å²) in [6, 6.07) is 0. The number of rotatable bonds is 5. The summed E-state index contributed by atoms with van der Waals surface area (Å²) in [4.78, 5) is 15.9. The number of carbonyl (C=O) groups is 1. The summed E-state index contributed by atoms with van der Waals surface area (Å²) < 4.78 is 0. The Morgan fingerprint density at radius 3 is 2.53 bits per heavy atom. The fourth-order valence-corrected chi connectivity index (χ4v) is 2.06. The van der Waals surface area contributed by atoms with Gasteiger partial charge in [-0.05, 0) is 18.9 Å². The summed E-state index contributed by atoms with van der Waals surface area (Å²) in [7, 11) is 2.09. The van der Waals surface area contributed by atoms with Crippen LogP contribution < -0.4 is 0 Å². The molecule has 0 aromatic rings. The van der Waals surface area contributed by atoms with Crippen molar-refractivity contribution in [3.8, 4) is 0 Å². The maximum absolute atomic E-state index is 11.7. The minimum absolute atomic E-state index is 0.323. The Hall–Kier alpha value is -0.570. The summed E-state index contributed by atoms with van der Waals surface area (Å²) in [5.41, 5.74) is 0. The summed E-state index contributed by atoms with van der Waals surface area (Å²) >= 11 is 0. The summed E-state index contributed by atoms with van der Waals surface area (Å²) in [6.07, 6.45) is 0.677. The molecular weight excluding hydrogens is 188 g/mol. The number of nitrogens with zero attached hydrogens (tertiary/aromatic N) is 2. The fraction of sp³-hybridized carbons (Fsp3) is 0.917. The van der Waals surface area contributed by atoms with Crippen molar-refractivity contribution in [2.24, 2.45) is 11.8 Å². The highest BCUT2D eigenvalue weighted by Crippen LogP contribution is 2.15. The molecule has 0 radical (unpaired) electrons. The van der Waals surface area contributed by atoms with Gasteiger partial charge in [0, 0.05) is 32.6 Å². The minimum Gasteiger partial charge on any atom is -0.342 e. The molecule has 1 fully saturated rings. The highest BCUT2D eigenvalue weighted by atomic mass is 16.2. The van der Waals surface area contributed by atoms with Crippen molar-refractivity contribution < 1.29 is 4.79 Å². The maximum Gasteiger partial charge on any atom is 0.223 e. The van der Waals surface area contributed by atoms with E-state index in [4.69, 9.17) is 0 Å². The van der Waals surface area contributed by atoms with E-state index in [1.807, 2.05) is 4.90 Å². The highest BCUT2D eigenvalue weighted by Gasteiger charge is 2.26. The average molecular weight is 212 g/mol. The van der Waals surface area contributed by atoms with E-state index >= 15 is 0 Å². The lowest BCUT2D eigenvalue weighted by molar-refractivity contribution is -0.137. The average Bonchev–Trinajstić information content (AvgIpc) is 2.08. The van der Waals surface area contributed by atoms with E-state index < -0.39 is 0 Å². The topological polar surface area (TPSA) is 23.6 Å². The second-order valence-electron chi connectivity index (χ2n) is 5.31. The van der Waals surface area contributed by atoms with Crippen molar-refractivity contribution >= 4 is 5.91 Å². The lowest BCUT2D eigenvalue weighted by Crippen LogP contribution is -2.49. The van der Waals surface area contributed by atoms with Crippen molar-refractivity contribution in [3.63, 3.8) is 0 Å². The molecular formula is C12H24N2O. The van der Waals surface area contributed by atoms with Crippen molar-refractivity contribution in [1.29, 1.82) is 0 Å². The van der Waals surface area contributed by atoms with Gasteiger partial charge in [-0.3, -0.25) is 4.79 Å². The second-order valence-corrected chi connectivity index (χ2v) is 5.31. The summed E-state index contributed by atoms with van der Waals surface area (Å²) in [5, 5.41) is 0. The summed E-state index contributed by atoms with van der Waals surface area (Å²) in [5.74, 6) is 1.71. The zero-order valence-corrected chi connectivity index (χ0v) is 10.5. The molecule has 0 N–H and O–H groups in total. The quantitative estimate of drug-likeness (QED) is 0.688. The van der Waals surface area contributed by atoms with Crippen molar-refractivity contribution in [2.75, 3.05) is 33.2 Å². The summed E-state index contributed by atoms with van der Waals surface area (Å²) in [6.45, 7) is 10.5. The Kier molecular flexibility index (Phi) is 4.58. The van der Waals surface area contributed by atoms with Gasteiger partial charge in [-0.1, -0.05) is 20.8 Å². The van der Waals surface area contributed by atoms with Crippen molar-refractivity contribution in [1.82, 2.24) is 9.80 Å². The van der Waals surface area contributed by atoms with Crippen LogP contribution in [-0.4, -0.2) is 48.9 Å². The molecule has 1 heterocycles. The van der Waals surface area contributed by atoms with E-state index in [-0.39, 0.29) is 0 Å². The zero-order chi connectivity index (χ0) is 11.4. The first-order valence-electron chi connectivity index (χ1n) is 5.95. The highest BCUT2D eigenvalue weighted by molar-refractivity contribution is 5.77. The molecule has 3 nitrogen and oxygen atoms in total. The van der Waals surface area contributed by atoms with Crippen LogP contribution in [0.15, 0.2) is 0 Å². The number of carbonyl (C=O) groups excluding carboxylic acids is 1. The lowest BCUT2D eigenvalue weighted by atomic mass is 10.0. The van der Waals surface area contributed by atoms with Gasteiger partial charge in [-0.2, -0.15) is 0 Å². The van der Waals surface area contributed by atoms with Crippen LogP contribution in [0.5, 0.6) is 0 Å². The van der Waals surface area contributed by atoms with E-state index in [2.05, 4.69) is 32.7 Å². The van der Waals surface area contributed by atoms with Gasteiger partial charge in [0.2, 0.25) is 5.91 Å². The predicted octanol–water partition coefficient (Wildman–Crippen LogP) is 1.44. The molecule has 0 aromatic carbocycles. The second kappa shape index (κ2) is 5.50. The van der Waals surface area contributed by atoms with Crippen LogP contribution in [0, 0.1) is 11.8 Å². The monoisotopic (exact) mass is 212 g/mol. The normalized spacial score (nSPS) is 17.3.